The molecule has 0 radical (unpaired) electrons. The second-order valence-corrected chi connectivity index (χ2v) is 8.78. The fourth-order valence-electron chi connectivity index (χ4n) is 5.15. The minimum atomic E-state index is -1.05. The van der Waals surface area contributed by atoms with Gasteiger partial charge in [0.15, 0.2) is 0 Å². The Labute approximate surface area is 186 Å². The van der Waals surface area contributed by atoms with E-state index in [1.807, 2.05) is 4.90 Å². The molecule has 4 heterocycles. The highest BCUT2D eigenvalue weighted by Crippen LogP contribution is 2.31. The van der Waals surface area contributed by atoms with Gasteiger partial charge in [-0.05, 0) is 50.2 Å². The maximum Gasteiger partial charge on any atom is 0.409 e. The SMILES string of the molecule is CCOC(=O)N1CCC(N2CC/C(=C\C(=C/C(=O)O)CC3CNC4C(=O)NC34)C2=O)CC1. The number of carboxylic acids is 1. The van der Waals surface area contributed by atoms with Gasteiger partial charge in [0.25, 0.3) is 0 Å². The smallest absolute Gasteiger partial charge is 0.409 e. The third-order valence-electron chi connectivity index (χ3n) is 6.81. The molecule has 0 saturated carbocycles. The molecule has 3 N–H and O–H groups in total. The molecular formula is C22H30N4O6. The Hall–Kier alpha value is -2.88. The fraction of sp³-hybridized carbons (Fsp3) is 0.636. The minimum absolute atomic E-state index is 0.0125. The van der Waals surface area contributed by atoms with Gasteiger partial charge < -0.3 is 30.3 Å². The van der Waals surface area contributed by atoms with Crippen molar-refractivity contribution in [3.63, 3.8) is 0 Å². The summed E-state index contributed by atoms with van der Waals surface area (Å²) in [5.41, 5.74) is 1.21. The van der Waals surface area contributed by atoms with E-state index in [2.05, 4.69) is 10.6 Å². The van der Waals surface area contributed by atoms with Crippen molar-refractivity contribution in [3.8, 4) is 0 Å². The van der Waals surface area contributed by atoms with E-state index < -0.39 is 5.97 Å². The number of ether oxygens (including phenoxy) is 1. The summed E-state index contributed by atoms with van der Waals surface area (Å²) in [5.74, 6) is -1.03. The Kier molecular flexibility index (Phi) is 6.50. The molecule has 4 saturated heterocycles. The predicted molar refractivity (Wildman–Crippen MR) is 114 cm³/mol. The summed E-state index contributed by atoms with van der Waals surface area (Å²) in [5, 5.41) is 15.3. The minimum Gasteiger partial charge on any atom is -0.478 e. The molecule has 3 amide bonds. The van der Waals surface area contributed by atoms with Crippen molar-refractivity contribution in [1.82, 2.24) is 20.4 Å². The molecule has 0 aliphatic carbocycles. The number of aliphatic carboxylic acids is 1. The summed E-state index contributed by atoms with van der Waals surface area (Å²) in [4.78, 5) is 51.4. The highest BCUT2D eigenvalue weighted by molar-refractivity contribution is 5.96. The van der Waals surface area contributed by atoms with Gasteiger partial charge in [0.1, 0.15) is 6.04 Å². The number of hydrogen-bond acceptors (Lipinski definition) is 6. The van der Waals surface area contributed by atoms with Gasteiger partial charge >= 0.3 is 12.1 Å². The maximum absolute atomic E-state index is 13.1. The quantitative estimate of drug-likeness (QED) is 0.394. The molecule has 0 aromatic carbocycles. The third kappa shape index (κ3) is 4.50. The molecule has 3 atom stereocenters. The van der Waals surface area contributed by atoms with E-state index in [0.717, 1.165) is 6.08 Å². The monoisotopic (exact) mass is 446 g/mol. The van der Waals surface area contributed by atoms with Crippen LogP contribution in [0.5, 0.6) is 0 Å². The van der Waals surface area contributed by atoms with E-state index >= 15 is 0 Å². The van der Waals surface area contributed by atoms with Gasteiger partial charge in [0.05, 0.1) is 12.6 Å². The van der Waals surface area contributed by atoms with Gasteiger partial charge in [0.2, 0.25) is 11.8 Å². The number of carboxylic acid groups (broad SMARTS) is 1. The molecule has 10 nitrogen and oxygen atoms in total. The Balaban J connectivity index is 1.38. The Morgan fingerprint density at radius 3 is 2.59 bits per heavy atom. The van der Waals surface area contributed by atoms with Gasteiger partial charge in [-0.25, -0.2) is 9.59 Å². The molecule has 4 aliphatic rings. The molecule has 4 aliphatic heterocycles. The average molecular weight is 447 g/mol. The second kappa shape index (κ2) is 9.32. The van der Waals surface area contributed by atoms with Crippen molar-refractivity contribution in [2.45, 2.75) is 50.7 Å². The van der Waals surface area contributed by atoms with Crippen LogP contribution in [0.15, 0.2) is 23.3 Å². The first-order chi connectivity index (χ1) is 15.4. The summed E-state index contributed by atoms with van der Waals surface area (Å²) in [6.45, 7) is 4.46. The molecule has 4 rings (SSSR count). The standard InChI is InChI=1S/C22H30N4O6/c1-2-32-22(31)25-6-4-16(5-7-25)26-8-3-14(21(26)30)9-13(11-17(27)28)10-15-12-23-19-18(15)24-20(19)29/h9,11,15-16,18-19,23H,2-8,10,12H2,1H3,(H,24,29)(H,27,28)/b13-11+,14-9+. The predicted octanol–water partition coefficient (Wildman–Crippen LogP) is 0.254. The normalized spacial score (nSPS) is 29.7. The summed E-state index contributed by atoms with van der Waals surface area (Å²) in [7, 11) is 0. The van der Waals surface area contributed by atoms with Crippen LogP contribution in [0.25, 0.3) is 0 Å². The van der Waals surface area contributed by atoms with Crippen LogP contribution in [0, 0.1) is 5.92 Å². The van der Waals surface area contributed by atoms with E-state index in [9.17, 15) is 24.3 Å². The van der Waals surface area contributed by atoms with Gasteiger partial charge in [0, 0.05) is 43.9 Å². The summed E-state index contributed by atoms with van der Waals surface area (Å²) in [6.07, 6.45) is 5.02. The van der Waals surface area contributed by atoms with Crippen LogP contribution >= 0.6 is 0 Å². The Bertz CT molecular complexity index is 860. The van der Waals surface area contributed by atoms with Crippen LogP contribution < -0.4 is 10.6 Å². The van der Waals surface area contributed by atoms with Crippen molar-refractivity contribution in [1.29, 1.82) is 0 Å². The summed E-state index contributed by atoms with van der Waals surface area (Å²) in [6, 6.07) is -0.114. The number of rotatable bonds is 6. The zero-order chi connectivity index (χ0) is 22.8. The van der Waals surface area contributed by atoms with E-state index in [4.69, 9.17) is 4.74 Å². The molecule has 0 spiro atoms. The number of carbonyl (C=O) groups excluding carboxylic acids is 3. The van der Waals surface area contributed by atoms with Crippen molar-refractivity contribution in [2.24, 2.45) is 5.92 Å². The zero-order valence-electron chi connectivity index (χ0n) is 18.2. The average Bonchev–Trinajstić information content (AvgIpc) is 3.27. The van der Waals surface area contributed by atoms with E-state index in [0.29, 0.717) is 69.6 Å². The zero-order valence-corrected chi connectivity index (χ0v) is 18.2. The van der Waals surface area contributed by atoms with Crippen LogP contribution in [0.2, 0.25) is 0 Å². The molecule has 10 heteroatoms. The highest BCUT2D eigenvalue weighted by atomic mass is 16.6. The molecule has 0 aromatic rings. The van der Waals surface area contributed by atoms with Crippen LogP contribution in [0.1, 0.15) is 32.6 Å². The molecule has 4 fully saturated rings. The van der Waals surface area contributed by atoms with Crippen molar-refractivity contribution in [3.05, 3.63) is 23.3 Å². The fourth-order valence-corrected chi connectivity index (χ4v) is 5.15. The Morgan fingerprint density at radius 1 is 1.22 bits per heavy atom. The van der Waals surface area contributed by atoms with Gasteiger partial charge in [-0.15, -0.1) is 0 Å². The molecule has 32 heavy (non-hydrogen) atoms. The molecule has 174 valence electrons. The number of amides is 3. The number of piperidine rings is 1. The number of likely N-dealkylation sites (tertiary alicyclic amines) is 2. The summed E-state index contributed by atoms with van der Waals surface area (Å²) >= 11 is 0. The number of fused-ring (bicyclic) bond motifs is 1. The number of hydrogen-bond donors (Lipinski definition) is 3. The lowest BCUT2D eigenvalue weighted by atomic mass is 9.86. The molecule has 3 unspecified atom stereocenters. The van der Waals surface area contributed by atoms with Crippen LogP contribution in [-0.4, -0.2) is 89.7 Å². The first kappa shape index (κ1) is 22.3. The van der Waals surface area contributed by atoms with Crippen molar-refractivity contribution in [2.75, 3.05) is 32.8 Å². The van der Waals surface area contributed by atoms with Gasteiger partial charge in [-0.1, -0.05) is 0 Å². The maximum atomic E-state index is 13.1. The van der Waals surface area contributed by atoms with Gasteiger partial charge in [-0.3, -0.25) is 9.59 Å². The lowest BCUT2D eigenvalue weighted by molar-refractivity contribution is -0.132. The van der Waals surface area contributed by atoms with E-state index in [1.165, 1.54) is 0 Å². The number of nitrogens with zero attached hydrogens (tertiary/aromatic N) is 2. The van der Waals surface area contributed by atoms with Gasteiger partial charge in [-0.2, -0.15) is 0 Å². The van der Waals surface area contributed by atoms with E-state index in [-0.39, 0.29) is 42.0 Å². The third-order valence-corrected chi connectivity index (χ3v) is 6.81. The van der Waals surface area contributed by atoms with Crippen molar-refractivity contribution >= 4 is 23.9 Å². The first-order valence-corrected chi connectivity index (χ1v) is 11.3. The van der Waals surface area contributed by atoms with Crippen LogP contribution in [0.4, 0.5) is 4.79 Å². The largest absolute Gasteiger partial charge is 0.478 e. The second-order valence-electron chi connectivity index (χ2n) is 8.78. The van der Waals surface area contributed by atoms with Crippen LogP contribution in [-0.2, 0) is 19.1 Å². The number of nitrogens with one attached hydrogen (secondary N) is 2. The van der Waals surface area contributed by atoms with E-state index in [1.54, 1.807) is 17.9 Å². The summed E-state index contributed by atoms with van der Waals surface area (Å²) < 4.78 is 5.05. The topological polar surface area (TPSA) is 128 Å². The van der Waals surface area contributed by atoms with Crippen LogP contribution in [0.3, 0.4) is 0 Å². The lowest BCUT2D eigenvalue weighted by Gasteiger charge is -2.36. The number of carbonyl (C=O) groups is 4. The number of β-lactam (4-membered cyclic amide) rings is 1. The Morgan fingerprint density at radius 2 is 1.97 bits per heavy atom. The van der Waals surface area contributed by atoms with Crippen molar-refractivity contribution < 1.29 is 29.0 Å². The highest BCUT2D eigenvalue weighted by Gasteiger charge is 2.48. The molecular weight excluding hydrogens is 416 g/mol. The molecule has 0 aromatic heterocycles. The molecule has 0 bridgehead atoms. The lowest BCUT2D eigenvalue weighted by Crippen LogP contribution is -2.64. The number of allylic oxidation sites excluding steroid dienone is 2. The first-order valence-electron chi connectivity index (χ1n) is 11.3.